The van der Waals surface area contributed by atoms with E-state index in [1.807, 2.05) is 29.2 Å². The second-order valence-corrected chi connectivity index (χ2v) is 9.10. The number of nitrogens with zero attached hydrogens (tertiary/aromatic N) is 5. The molecule has 0 unspecified atom stereocenters. The molecule has 5 rings (SSSR count). The number of likely N-dealkylation sites (tertiary alicyclic amines) is 2. The van der Waals surface area contributed by atoms with Crippen LogP contribution < -0.4 is 5.32 Å². The van der Waals surface area contributed by atoms with Gasteiger partial charge in [0.25, 0.3) is 11.8 Å². The summed E-state index contributed by atoms with van der Waals surface area (Å²) < 4.78 is 1.78. The van der Waals surface area contributed by atoms with Gasteiger partial charge in [0.1, 0.15) is 5.69 Å². The normalized spacial score (nSPS) is 17.9. The molecule has 33 heavy (non-hydrogen) atoms. The third-order valence-corrected chi connectivity index (χ3v) is 6.76. The van der Waals surface area contributed by atoms with Crippen molar-refractivity contribution in [3.63, 3.8) is 0 Å². The minimum absolute atomic E-state index is 0.0425. The van der Waals surface area contributed by atoms with E-state index >= 15 is 0 Å². The van der Waals surface area contributed by atoms with E-state index in [4.69, 9.17) is 0 Å². The number of amides is 2. The number of nitrogens with one attached hydrogen (secondary N) is 1. The molecule has 2 fully saturated rings. The largest absolute Gasteiger partial charge is 0.348 e. The van der Waals surface area contributed by atoms with Gasteiger partial charge in [0.2, 0.25) is 0 Å². The number of hydrogen-bond donors (Lipinski definition) is 1. The molecule has 3 aromatic rings. The number of carbonyl (C=O) groups excluding carboxylic acids is 2. The fourth-order valence-corrected chi connectivity index (χ4v) is 4.75. The standard InChI is InChI=1S/C25H30N6O2/c1-29-14-10-19(11-15-29)28-24(32)21-9-8-18(16-26-21)22-6-5-7-23-20(17-27-31(22)23)25(33)30-12-3-2-4-13-30/h5-9,16-17,19H,2-4,10-15H2,1H3,(H,28,32). The Morgan fingerprint density at radius 1 is 0.970 bits per heavy atom. The molecule has 0 atom stereocenters. The number of pyridine rings is 2. The Kier molecular flexibility index (Phi) is 6.09. The lowest BCUT2D eigenvalue weighted by Gasteiger charge is -2.29. The van der Waals surface area contributed by atoms with Gasteiger partial charge in [-0.05, 0) is 76.5 Å². The van der Waals surface area contributed by atoms with Crippen LogP contribution in [-0.2, 0) is 0 Å². The van der Waals surface area contributed by atoms with Gasteiger partial charge in [-0.3, -0.25) is 14.6 Å². The average Bonchev–Trinajstić information content (AvgIpc) is 3.30. The van der Waals surface area contributed by atoms with Crippen molar-refractivity contribution in [2.75, 3.05) is 33.2 Å². The summed E-state index contributed by atoms with van der Waals surface area (Å²) in [5, 5.41) is 7.61. The van der Waals surface area contributed by atoms with Crippen LogP contribution in [0.5, 0.6) is 0 Å². The molecule has 2 aliphatic heterocycles. The van der Waals surface area contributed by atoms with Crippen molar-refractivity contribution in [1.29, 1.82) is 0 Å². The van der Waals surface area contributed by atoms with Gasteiger partial charge in [0.05, 0.1) is 23.0 Å². The molecule has 1 N–H and O–H groups in total. The first-order chi connectivity index (χ1) is 16.1. The molecule has 5 heterocycles. The van der Waals surface area contributed by atoms with Crippen molar-refractivity contribution >= 4 is 17.3 Å². The van der Waals surface area contributed by atoms with Crippen LogP contribution in [-0.4, -0.2) is 75.5 Å². The highest BCUT2D eigenvalue weighted by Crippen LogP contribution is 2.24. The molecule has 0 aliphatic carbocycles. The van der Waals surface area contributed by atoms with Crippen molar-refractivity contribution in [3.05, 3.63) is 54.0 Å². The number of fused-ring (bicyclic) bond motifs is 1. The third kappa shape index (κ3) is 4.48. The predicted molar refractivity (Wildman–Crippen MR) is 126 cm³/mol. The van der Waals surface area contributed by atoms with Crippen LogP contribution in [0.15, 0.2) is 42.7 Å². The number of aromatic nitrogens is 3. The highest BCUT2D eigenvalue weighted by Gasteiger charge is 2.23. The maximum atomic E-state index is 13.0. The van der Waals surface area contributed by atoms with Crippen LogP contribution >= 0.6 is 0 Å². The zero-order chi connectivity index (χ0) is 22.8. The van der Waals surface area contributed by atoms with Crippen molar-refractivity contribution in [2.24, 2.45) is 0 Å². The van der Waals surface area contributed by atoms with Gasteiger partial charge in [0, 0.05) is 30.9 Å². The highest BCUT2D eigenvalue weighted by atomic mass is 16.2. The first-order valence-corrected chi connectivity index (χ1v) is 11.8. The fraction of sp³-hybridized carbons (Fsp3) is 0.440. The van der Waals surface area contributed by atoms with E-state index in [-0.39, 0.29) is 17.9 Å². The van der Waals surface area contributed by atoms with Crippen LogP contribution in [0.1, 0.15) is 53.0 Å². The zero-order valence-corrected chi connectivity index (χ0v) is 19.0. The topological polar surface area (TPSA) is 82.8 Å². The maximum Gasteiger partial charge on any atom is 0.270 e. The Hall–Kier alpha value is -3.26. The van der Waals surface area contributed by atoms with Crippen molar-refractivity contribution < 1.29 is 9.59 Å². The summed E-state index contributed by atoms with van der Waals surface area (Å²) in [4.78, 5) is 34.3. The quantitative estimate of drug-likeness (QED) is 0.666. The van der Waals surface area contributed by atoms with E-state index in [2.05, 4.69) is 27.3 Å². The first-order valence-electron chi connectivity index (χ1n) is 11.8. The van der Waals surface area contributed by atoms with E-state index in [0.29, 0.717) is 11.3 Å². The summed E-state index contributed by atoms with van der Waals surface area (Å²) in [6, 6.07) is 9.64. The van der Waals surface area contributed by atoms with Gasteiger partial charge in [0.15, 0.2) is 0 Å². The lowest BCUT2D eigenvalue weighted by Crippen LogP contribution is -2.43. The molecular weight excluding hydrogens is 416 g/mol. The maximum absolute atomic E-state index is 13.0. The highest BCUT2D eigenvalue weighted by molar-refractivity contribution is 6.01. The van der Waals surface area contributed by atoms with Gasteiger partial charge in [-0.25, -0.2) is 4.52 Å². The Morgan fingerprint density at radius 2 is 1.76 bits per heavy atom. The molecule has 8 heteroatoms. The van der Waals surface area contributed by atoms with E-state index < -0.39 is 0 Å². The summed E-state index contributed by atoms with van der Waals surface area (Å²) in [6.45, 7) is 3.60. The van der Waals surface area contributed by atoms with Gasteiger partial charge in [-0.2, -0.15) is 5.10 Å². The summed E-state index contributed by atoms with van der Waals surface area (Å²) in [5.41, 5.74) is 3.50. The number of carbonyl (C=O) groups is 2. The Balaban J connectivity index is 1.34. The van der Waals surface area contributed by atoms with Crippen LogP contribution in [0.2, 0.25) is 0 Å². The van der Waals surface area contributed by atoms with Gasteiger partial charge >= 0.3 is 0 Å². The lowest BCUT2D eigenvalue weighted by molar-refractivity contribution is 0.0726. The molecule has 0 aromatic carbocycles. The molecular formula is C25H30N6O2. The average molecular weight is 447 g/mol. The number of piperidine rings is 2. The van der Waals surface area contributed by atoms with Gasteiger partial charge in [-0.15, -0.1) is 0 Å². The van der Waals surface area contributed by atoms with Crippen molar-refractivity contribution in [3.8, 4) is 11.3 Å². The monoisotopic (exact) mass is 446 g/mol. The Labute approximate surface area is 193 Å². The first kappa shape index (κ1) is 21.6. The number of hydrogen-bond acceptors (Lipinski definition) is 5. The Morgan fingerprint density at radius 3 is 2.48 bits per heavy atom. The molecule has 2 aliphatic rings. The summed E-state index contributed by atoms with van der Waals surface area (Å²) in [6.07, 6.45) is 8.57. The van der Waals surface area contributed by atoms with Gasteiger partial charge < -0.3 is 15.1 Å². The SMILES string of the molecule is CN1CCC(NC(=O)c2ccc(-c3cccc4c(C(=O)N5CCCCC5)cnn34)cn2)CC1. The van der Waals surface area contributed by atoms with Crippen molar-refractivity contribution in [2.45, 2.75) is 38.1 Å². The van der Waals surface area contributed by atoms with Crippen LogP contribution in [0.4, 0.5) is 0 Å². The third-order valence-electron chi connectivity index (χ3n) is 6.76. The summed E-state index contributed by atoms with van der Waals surface area (Å²) >= 11 is 0. The Bertz CT molecular complexity index is 1140. The van der Waals surface area contributed by atoms with E-state index in [9.17, 15) is 9.59 Å². The molecule has 8 nitrogen and oxygen atoms in total. The molecule has 0 bridgehead atoms. The molecule has 2 saturated heterocycles. The van der Waals surface area contributed by atoms with E-state index in [1.165, 1.54) is 6.42 Å². The fourth-order valence-electron chi connectivity index (χ4n) is 4.75. The van der Waals surface area contributed by atoms with E-state index in [1.54, 1.807) is 23.0 Å². The summed E-state index contributed by atoms with van der Waals surface area (Å²) in [5.74, 6) is -0.0938. The van der Waals surface area contributed by atoms with Crippen LogP contribution in [0.25, 0.3) is 16.8 Å². The minimum Gasteiger partial charge on any atom is -0.348 e. The second kappa shape index (κ2) is 9.31. The van der Waals surface area contributed by atoms with Crippen molar-refractivity contribution in [1.82, 2.24) is 29.7 Å². The molecule has 3 aromatic heterocycles. The second-order valence-electron chi connectivity index (χ2n) is 9.10. The zero-order valence-electron chi connectivity index (χ0n) is 19.0. The van der Waals surface area contributed by atoms with Crippen LogP contribution in [0.3, 0.4) is 0 Å². The number of rotatable bonds is 4. The molecule has 0 saturated carbocycles. The van der Waals surface area contributed by atoms with E-state index in [0.717, 1.165) is 68.6 Å². The summed E-state index contributed by atoms with van der Waals surface area (Å²) in [7, 11) is 2.10. The smallest absolute Gasteiger partial charge is 0.270 e. The van der Waals surface area contributed by atoms with Crippen LogP contribution in [0, 0.1) is 0 Å². The molecule has 0 radical (unpaired) electrons. The predicted octanol–water partition coefficient (Wildman–Crippen LogP) is 2.85. The lowest BCUT2D eigenvalue weighted by atomic mass is 10.1. The van der Waals surface area contributed by atoms with Gasteiger partial charge in [-0.1, -0.05) is 6.07 Å². The molecule has 0 spiro atoms. The minimum atomic E-state index is -0.136. The molecule has 2 amide bonds. The molecule has 172 valence electrons.